The molecule has 2 aromatic rings. The molecule has 0 unspecified atom stereocenters. The van der Waals surface area contributed by atoms with Crippen molar-refractivity contribution < 1.29 is 14.1 Å². The maximum atomic E-state index is 12.2. The van der Waals surface area contributed by atoms with Crippen LogP contribution in [0.3, 0.4) is 0 Å². The Balaban J connectivity index is 1.42. The fourth-order valence-corrected chi connectivity index (χ4v) is 2.66. The van der Waals surface area contributed by atoms with Crippen LogP contribution in [0.1, 0.15) is 28.9 Å². The number of nitrogens with one attached hydrogen (secondary N) is 1. The lowest BCUT2D eigenvalue weighted by Gasteiger charge is -2.26. The minimum Gasteiger partial charge on any atom is -0.379 e. The summed E-state index contributed by atoms with van der Waals surface area (Å²) >= 11 is 0. The molecule has 1 fully saturated rings. The van der Waals surface area contributed by atoms with Gasteiger partial charge >= 0.3 is 0 Å². The fraction of sp³-hybridized carbons (Fsp3) is 0.562. The molecule has 23 heavy (non-hydrogen) atoms. The number of aromatic nitrogens is 2. The molecule has 1 aliphatic heterocycles. The monoisotopic (exact) mass is 318 g/mol. The molecule has 3 heterocycles. The Bertz CT molecular complexity index is 664. The molecule has 124 valence electrons. The molecule has 7 heteroatoms. The molecule has 1 aliphatic rings. The molecular weight excluding hydrogens is 296 g/mol. The average molecular weight is 318 g/mol. The summed E-state index contributed by atoms with van der Waals surface area (Å²) in [5.41, 5.74) is 1.74. The summed E-state index contributed by atoms with van der Waals surface area (Å²) < 4.78 is 10.4. The van der Waals surface area contributed by atoms with Crippen LogP contribution in [0.25, 0.3) is 11.1 Å². The van der Waals surface area contributed by atoms with Gasteiger partial charge in [0.15, 0.2) is 0 Å². The predicted molar refractivity (Wildman–Crippen MR) is 85.4 cm³/mol. The van der Waals surface area contributed by atoms with E-state index in [1.165, 1.54) is 6.20 Å². The molecule has 0 radical (unpaired) electrons. The van der Waals surface area contributed by atoms with E-state index in [1.807, 2.05) is 6.92 Å². The van der Waals surface area contributed by atoms with Gasteiger partial charge in [0.2, 0.25) is 0 Å². The zero-order valence-electron chi connectivity index (χ0n) is 13.4. The summed E-state index contributed by atoms with van der Waals surface area (Å²) in [6.07, 6.45) is 3.56. The van der Waals surface area contributed by atoms with Crippen LogP contribution >= 0.6 is 0 Å². The van der Waals surface area contributed by atoms with Crippen LogP contribution in [0.15, 0.2) is 16.8 Å². The predicted octanol–water partition coefficient (Wildman–Crippen LogP) is 1.37. The number of unbranched alkanes of at least 4 members (excludes halogenated alkanes) is 1. The highest BCUT2D eigenvalue weighted by atomic mass is 16.5. The van der Waals surface area contributed by atoms with Gasteiger partial charge in [0, 0.05) is 25.8 Å². The van der Waals surface area contributed by atoms with Crippen LogP contribution in [0.5, 0.6) is 0 Å². The van der Waals surface area contributed by atoms with Crippen molar-refractivity contribution in [2.75, 3.05) is 39.4 Å². The second-order valence-corrected chi connectivity index (χ2v) is 5.76. The highest BCUT2D eigenvalue weighted by molar-refractivity contribution is 5.96. The van der Waals surface area contributed by atoms with Gasteiger partial charge in [0.05, 0.1) is 29.9 Å². The number of hydrogen-bond acceptors (Lipinski definition) is 6. The first-order chi connectivity index (χ1) is 11.2. The van der Waals surface area contributed by atoms with Gasteiger partial charge in [-0.2, -0.15) is 0 Å². The SMILES string of the molecule is Cc1noc2ncc(C(=O)NCCCCN3CCOCC3)cc12. The molecule has 3 rings (SSSR count). The highest BCUT2D eigenvalue weighted by Gasteiger charge is 2.12. The molecule has 0 aliphatic carbocycles. The van der Waals surface area contributed by atoms with E-state index in [0.717, 1.165) is 56.8 Å². The second-order valence-electron chi connectivity index (χ2n) is 5.76. The van der Waals surface area contributed by atoms with Gasteiger partial charge in [-0.1, -0.05) is 5.16 Å². The van der Waals surface area contributed by atoms with Gasteiger partial charge in [-0.15, -0.1) is 0 Å². The van der Waals surface area contributed by atoms with Gasteiger partial charge in [-0.05, 0) is 32.4 Å². The van der Waals surface area contributed by atoms with Gasteiger partial charge in [0.1, 0.15) is 0 Å². The zero-order valence-corrected chi connectivity index (χ0v) is 13.4. The van der Waals surface area contributed by atoms with Crippen molar-refractivity contribution in [1.82, 2.24) is 20.4 Å². The van der Waals surface area contributed by atoms with Crippen LogP contribution in [0.2, 0.25) is 0 Å². The molecule has 0 saturated carbocycles. The number of pyridine rings is 1. The highest BCUT2D eigenvalue weighted by Crippen LogP contribution is 2.16. The number of hydrogen-bond donors (Lipinski definition) is 1. The second kappa shape index (κ2) is 7.52. The number of carbonyl (C=O) groups excluding carboxylic acids is 1. The number of ether oxygens (including phenoxy) is 1. The van der Waals surface area contributed by atoms with Crippen molar-refractivity contribution in [1.29, 1.82) is 0 Å². The maximum absolute atomic E-state index is 12.2. The summed E-state index contributed by atoms with van der Waals surface area (Å²) in [6.45, 7) is 7.24. The van der Waals surface area contributed by atoms with E-state index in [9.17, 15) is 4.79 Å². The van der Waals surface area contributed by atoms with Crippen molar-refractivity contribution in [3.8, 4) is 0 Å². The lowest BCUT2D eigenvalue weighted by atomic mass is 10.2. The number of rotatable bonds is 6. The quantitative estimate of drug-likeness (QED) is 0.810. The van der Waals surface area contributed by atoms with Crippen LogP contribution < -0.4 is 5.32 Å². The van der Waals surface area contributed by atoms with Crippen LogP contribution in [-0.4, -0.2) is 60.3 Å². The van der Waals surface area contributed by atoms with Crippen LogP contribution in [0, 0.1) is 6.92 Å². The van der Waals surface area contributed by atoms with Gasteiger partial charge in [0.25, 0.3) is 11.6 Å². The third-order valence-corrected chi connectivity index (χ3v) is 4.06. The van der Waals surface area contributed by atoms with Crippen LogP contribution in [0.4, 0.5) is 0 Å². The minimum absolute atomic E-state index is 0.105. The number of aryl methyl sites for hydroxylation is 1. The van der Waals surface area contributed by atoms with Crippen LogP contribution in [-0.2, 0) is 4.74 Å². The normalized spacial score (nSPS) is 15.9. The molecule has 1 saturated heterocycles. The van der Waals surface area contributed by atoms with E-state index in [-0.39, 0.29) is 5.91 Å². The lowest BCUT2D eigenvalue weighted by Crippen LogP contribution is -2.37. The number of fused-ring (bicyclic) bond motifs is 1. The molecule has 1 N–H and O–H groups in total. The maximum Gasteiger partial charge on any atom is 0.257 e. The van der Waals surface area contributed by atoms with E-state index in [2.05, 4.69) is 20.4 Å². The Kier molecular flexibility index (Phi) is 5.19. The molecule has 0 aromatic carbocycles. The minimum atomic E-state index is -0.105. The van der Waals surface area contributed by atoms with Crippen molar-refractivity contribution in [2.24, 2.45) is 0 Å². The Hall–Kier alpha value is -1.99. The number of amides is 1. The molecule has 0 spiro atoms. The summed E-state index contributed by atoms with van der Waals surface area (Å²) in [6, 6.07) is 1.78. The van der Waals surface area contributed by atoms with Crippen molar-refractivity contribution in [3.63, 3.8) is 0 Å². The summed E-state index contributed by atoms with van der Waals surface area (Å²) in [7, 11) is 0. The number of carbonyl (C=O) groups is 1. The Labute approximate surface area is 135 Å². The first-order valence-electron chi connectivity index (χ1n) is 8.04. The molecule has 1 amide bonds. The van der Waals surface area contributed by atoms with E-state index in [4.69, 9.17) is 9.26 Å². The topological polar surface area (TPSA) is 80.5 Å². The van der Waals surface area contributed by atoms with E-state index in [1.54, 1.807) is 6.07 Å². The molecule has 7 nitrogen and oxygen atoms in total. The van der Waals surface area contributed by atoms with E-state index < -0.39 is 0 Å². The first kappa shape index (κ1) is 15.9. The van der Waals surface area contributed by atoms with E-state index in [0.29, 0.717) is 17.8 Å². The smallest absolute Gasteiger partial charge is 0.257 e. The first-order valence-corrected chi connectivity index (χ1v) is 8.04. The van der Waals surface area contributed by atoms with Crippen molar-refractivity contribution >= 4 is 17.0 Å². The van der Waals surface area contributed by atoms with Gasteiger partial charge < -0.3 is 14.6 Å². The van der Waals surface area contributed by atoms with E-state index >= 15 is 0 Å². The van der Waals surface area contributed by atoms with Gasteiger partial charge in [-0.3, -0.25) is 9.69 Å². The number of morpholine rings is 1. The standard InChI is InChI=1S/C16H22N4O3/c1-12-14-10-13(11-18-16(14)23-19-12)15(21)17-4-2-3-5-20-6-8-22-9-7-20/h10-11H,2-9H2,1H3,(H,17,21). The largest absolute Gasteiger partial charge is 0.379 e. The van der Waals surface area contributed by atoms with Crippen molar-refractivity contribution in [2.45, 2.75) is 19.8 Å². The third-order valence-electron chi connectivity index (χ3n) is 4.06. The number of nitrogens with zero attached hydrogens (tertiary/aromatic N) is 3. The lowest BCUT2D eigenvalue weighted by molar-refractivity contribution is 0.0372. The Morgan fingerprint density at radius 3 is 3.00 bits per heavy atom. The molecule has 2 aromatic heterocycles. The zero-order chi connectivity index (χ0) is 16.1. The van der Waals surface area contributed by atoms with Crippen molar-refractivity contribution in [3.05, 3.63) is 23.5 Å². The third kappa shape index (κ3) is 4.05. The molecule has 0 bridgehead atoms. The average Bonchev–Trinajstić information content (AvgIpc) is 2.96. The van der Waals surface area contributed by atoms with Gasteiger partial charge in [-0.25, -0.2) is 4.98 Å². The summed E-state index contributed by atoms with van der Waals surface area (Å²) in [5.74, 6) is -0.105. The summed E-state index contributed by atoms with van der Waals surface area (Å²) in [4.78, 5) is 18.7. The molecule has 0 atom stereocenters. The summed E-state index contributed by atoms with van der Waals surface area (Å²) in [5, 5.41) is 7.57. The Morgan fingerprint density at radius 1 is 1.35 bits per heavy atom. The molecular formula is C16H22N4O3. The Morgan fingerprint density at radius 2 is 2.17 bits per heavy atom. The fourth-order valence-electron chi connectivity index (χ4n) is 2.66.